The summed E-state index contributed by atoms with van der Waals surface area (Å²) in [6, 6.07) is 0.223. The van der Waals surface area contributed by atoms with Crippen molar-refractivity contribution >= 4 is 11.6 Å². The van der Waals surface area contributed by atoms with Crippen LogP contribution in [-0.4, -0.2) is 57.0 Å². The van der Waals surface area contributed by atoms with Crippen LogP contribution < -0.4 is 10.2 Å². The van der Waals surface area contributed by atoms with Gasteiger partial charge in [-0.2, -0.15) is 0 Å². The highest BCUT2D eigenvalue weighted by molar-refractivity contribution is 5.59. The van der Waals surface area contributed by atoms with E-state index in [2.05, 4.69) is 34.0 Å². The summed E-state index contributed by atoms with van der Waals surface area (Å²) in [4.78, 5) is 11.1. The Kier molecular flexibility index (Phi) is 8.00. The summed E-state index contributed by atoms with van der Waals surface area (Å²) in [5.74, 6) is 1.87. The number of methoxy groups -OCH3 is 2. The largest absolute Gasteiger partial charge is 0.383 e. The van der Waals surface area contributed by atoms with Gasteiger partial charge < -0.3 is 19.7 Å². The summed E-state index contributed by atoms with van der Waals surface area (Å²) in [5, 5.41) is 3.16. The standard InChI is InChI=1S/C15H28N4O2/c1-6-7-13-14(16-3)17-11-18-15(13)19(8-9-20-4)12(2)10-21-5/h11-12H,6-10H2,1-5H3,(H,16,17,18). The Morgan fingerprint density at radius 2 is 2.05 bits per heavy atom. The van der Waals surface area contributed by atoms with Gasteiger partial charge in [0.1, 0.15) is 18.0 Å². The van der Waals surface area contributed by atoms with Crippen molar-refractivity contribution in [3.63, 3.8) is 0 Å². The minimum absolute atomic E-state index is 0.223. The first-order chi connectivity index (χ1) is 10.2. The molecule has 1 aromatic heterocycles. The van der Waals surface area contributed by atoms with E-state index in [0.717, 1.165) is 36.6 Å². The normalized spacial score (nSPS) is 12.2. The van der Waals surface area contributed by atoms with E-state index in [1.807, 2.05) is 7.05 Å². The highest BCUT2D eigenvalue weighted by Crippen LogP contribution is 2.26. The second kappa shape index (κ2) is 9.52. The summed E-state index contributed by atoms with van der Waals surface area (Å²) in [6.07, 6.45) is 3.60. The summed E-state index contributed by atoms with van der Waals surface area (Å²) in [7, 11) is 5.32. The van der Waals surface area contributed by atoms with E-state index in [1.54, 1.807) is 20.5 Å². The fraction of sp³-hybridized carbons (Fsp3) is 0.733. The number of hydrogen-bond donors (Lipinski definition) is 1. The van der Waals surface area contributed by atoms with Crippen LogP contribution in [0, 0.1) is 0 Å². The van der Waals surface area contributed by atoms with Gasteiger partial charge in [0.25, 0.3) is 0 Å². The molecule has 1 atom stereocenters. The van der Waals surface area contributed by atoms with Gasteiger partial charge in [0.15, 0.2) is 0 Å². The van der Waals surface area contributed by atoms with E-state index < -0.39 is 0 Å². The Bertz CT molecular complexity index is 415. The van der Waals surface area contributed by atoms with E-state index in [-0.39, 0.29) is 6.04 Å². The van der Waals surface area contributed by atoms with Crippen LogP contribution in [0.15, 0.2) is 6.33 Å². The molecule has 1 unspecified atom stereocenters. The molecule has 120 valence electrons. The van der Waals surface area contributed by atoms with Crippen molar-refractivity contribution in [1.29, 1.82) is 0 Å². The van der Waals surface area contributed by atoms with Gasteiger partial charge in [-0.05, 0) is 13.3 Å². The molecule has 0 bridgehead atoms. The van der Waals surface area contributed by atoms with Crippen LogP contribution in [0.25, 0.3) is 0 Å². The number of aromatic nitrogens is 2. The fourth-order valence-electron chi connectivity index (χ4n) is 2.40. The van der Waals surface area contributed by atoms with E-state index >= 15 is 0 Å². The molecule has 0 aromatic carbocycles. The van der Waals surface area contributed by atoms with Crippen molar-refractivity contribution < 1.29 is 9.47 Å². The maximum atomic E-state index is 5.30. The highest BCUT2D eigenvalue weighted by Gasteiger charge is 2.20. The van der Waals surface area contributed by atoms with Crippen molar-refractivity contribution in [2.75, 3.05) is 51.2 Å². The number of nitrogens with one attached hydrogen (secondary N) is 1. The van der Waals surface area contributed by atoms with Crippen molar-refractivity contribution in [1.82, 2.24) is 9.97 Å². The minimum Gasteiger partial charge on any atom is -0.383 e. The third kappa shape index (κ3) is 4.82. The van der Waals surface area contributed by atoms with E-state index in [1.165, 1.54) is 0 Å². The third-order valence-corrected chi connectivity index (χ3v) is 3.41. The van der Waals surface area contributed by atoms with Gasteiger partial charge >= 0.3 is 0 Å². The van der Waals surface area contributed by atoms with Gasteiger partial charge in [0.05, 0.1) is 19.3 Å². The molecule has 0 saturated heterocycles. The number of ether oxygens (including phenoxy) is 2. The first-order valence-corrected chi connectivity index (χ1v) is 7.45. The first-order valence-electron chi connectivity index (χ1n) is 7.45. The van der Waals surface area contributed by atoms with Crippen LogP contribution in [0.5, 0.6) is 0 Å². The lowest BCUT2D eigenvalue weighted by Gasteiger charge is -2.31. The van der Waals surface area contributed by atoms with E-state index in [4.69, 9.17) is 9.47 Å². The molecule has 0 saturated carbocycles. The molecule has 1 aromatic rings. The maximum Gasteiger partial charge on any atom is 0.137 e. The lowest BCUT2D eigenvalue weighted by Crippen LogP contribution is -2.40. The molecule has 0 fully saturated rings. The first kappa shape index (κ1) is 17.7. The lowest BCUT2D eigenvalue weighted by atomic mass is 10.1. The van der Waals surface area contributed by atoms with Crippen LogP contribution in [0.1, 0.15) is 25.8 Å². The molecule has 0 aliphatic carbocycles. The van der Waals surface area contributed by atoms with Crippen LogP contribution in [0.3, 0.4) is 0 Å². The van der Waals surface area contributed by atoms with Crippen LogP contribution in [-0.2, 0) is 15.9 Å². The summed E-state index contributed by atoms with van der Waals surface area (Å²) < 4.78 is 10.5. The fourth-order valence-corrected chi connectivity index (χ4v) is 2.40. The molecule has 1 heterocycles. The third-order valence-electron chi connectivity index (χ3n) is 3.41. The number of nitrogens with zero attached hydrogens (tertiary/aromatic N) is 3. The monoisotopic (exact) mass is 296 g/mol. The SMILES string of the molecule is CCCc1c(NC)ncnc1N(CCOC)C(C)COC. The second-order valence-corrected chi connectivity index (χ2v) is 5.01. The van der Waals surface area contributed by atoms with E-state index in [9.17, 15) is 0 Å². The van der Waals surface area contributed by atoms with Gasteiger partial charge in [0, 0.05) is 33.4 Å². The maximum absolute atomic E-state index is 5.30. The van der Waals surface area contributed by atoms with Gasteiger partial charge in [0.2, 0.25) is 0 Å². The predicted molar refractivity (Wildman–Crippen MR) is 86.1 cm³/mol. The van der Waals surface area contributed by atoms with Crippen LogP contribution >= 0.6 is 0 Å². The van der Waals surface area contributed by atoms with Crippen molar-refractivity contribution in [3.05, 3.63) is 11.9 Å². The minimum atomic E-state index is 0.223. The molecule has 21 heavy (non-hydrogen) atoms. The number of anilines is 2. The molecule has 6 heteroatoms. The predicted octanol–water partition coefficient (Wildman–Crippen LogP) is 1.96. The molecule has 0 amide bonds. The average molecular weight is 296 g/mol. The Labute approximate surface area is 127 Å². The molecule has 0 aliphatic rings. The quantitative estimate of drug-likeness (QED) is 0.712. The van der Waals surface area contributed by atoms with Crippen LogP contribution in [0.2, 0.25) is 0 Å². The summed E-state index contributed by atoms with van der Waals surface area (Å²) in [6.45, 7) is 6.37. The Balaban J connectivity index is 3.15. The van der Waals surface area contributed by atoms with Crippen molar-refractivity contribution in [3.8, 4) is 0 Å². The molecule has 0 aliphatic heterocycles. The molecular formula is C15H28N4O2. The zero-order valence-corrected chi connectivity index (χ0v) is 13.8. The van der Waals surface area contributed by atoms with Gasteiger partial charge in [-0.25, -0.2) is 9.97 Å². The Morgan fingerprint density at radius 1 is 1.29 bits per heavy atom. The summed E-state index contributed by atoms with van der Waals surface area (Å²) in [5.41, 5.74) is 1.15. The second-order valence-electron chi connectivity index (χ2n) is 5.01. The molecule has 1 N–H and O–H groups in total. The Morgan fingerprint density at radius 3 is 2.62 bits per heavy atom. The highest BCUT2D eigenvalue weighted by atomic mass is 16.5. The summed E-state index contributed by atoms with van der Waals surface area (Å²) >= 11 is 0. The number of hydrogen-bond acceptors (Lipinski definition) is 6. The molecular weight excluding hydrogens is 268 g/mol. The molecule has 0 radical (unpaired) electrons. The lowest BCUT2D eigenvalue weighted by molar-refractivity contribution is 0.170. The van der Waals surface area contributed by atoms with Crippen molar-refractivity contribution in [2.24, 2.45) is 0 Å². The van der Waals surface area contributed by atoms with Gasteiger partial charge in [-0.1, -0.05) is 13.3 Å². The van der Waals surface area contributed by atoms with Gasteiger partial charge in [-0.3, -0.25) is 0 Å². The van der Waals surface area contributed by atoms with E-state index in [0.29, 0.717) is 13.2 Å². The topological polar surface area (TPSA) is 59.5 Å². The van der Waals surface area contributed by atoms with Gasteiger partial charge in [-0.15, -0.1) is 0 Å². The average Bonchev–Trinajstić information content (AvgIpc) is 2.49. The number of rotatable bonds is 10. The molecule has 0 spiro atoms. The smallest absolute Gasteiger partial charge is 0.137 e. The Hall–Kier alpha value is -1.40. The zero-order valence-electron chi connectivity index (χ0n) is 13.8. The molecule has 6 nitrogen and oxygen atoms in total. The molecule has 1 rings (SSSR count). The zero-order chi connectivity index (χ0) is 15.7. The van der Waals surface area contributed by atoms with Crippen molar-refractivity contribution in [2.45, 2.75) is 32.7 Å². The van der Waals surface area contributed by atoms with Crippen LogP contribution in [0.4, 0.5) is 11.6 Å².